The molecule has 142 valence electrons. The van der Waals surface area contributed by atoms with Gasteiger partial charge in [0.2, 0.25) is 0 Å². The second-order valence-corrected chi connectivity index (χ2v) is 6.07. The molecule has 1 heterocycles. The Morgan fingerprint density at radius 2 is 2.04 bits per heavy atom. The highest BCUT2D eigenvalue weighted by Crippen LogP contribution is 2.24. The van der Waals surface area contributed by atoms with Crippen molar-refractivity contribution < 1.29 is 4.92 Å². The zero-order valence-electron chi connectivity index (χ0n) is 14.3. The van der Waals surface area contributed by atoms with Crippen molar-refractivity contribution in [3.63, 3.8) is 0 Å². The maximum atomic E-state index is 10.8. The highest BCUT2D eigenvalue weighted by molar-refractivity contribution is 14.0. The van der Waals surface area contributed by atoms with Gasteiger partial charge in [0.25, 0.3) is 5.69 Å². The number of rotatable bonds is 6. The van der Waals surface area contributed by atoms with Crippen LogP contribution in [0, 0.1) is 10.1 Å². The lowest BCUT2D eigenvalue weighted by molar-refractivity contribution is -0.384. The Kier molecular flexibility index (Phi) is 9.17. The first-order valence-electron chi connectivity index (χ1n) is 7.67. The minimum absolute atomic E-state index is 0. The van der Waals surface area contributed by atoms with E-state index < -0.39 is 4.92 Å². The molecular formula is C16H20Cl2IN5O2. The summed E-state index contributed by atoms with van der Waals surface area (Å²) in [5.41, 5.74) is 1.73. The number of halogens is 3. The average Bonchev–Trinajstić information content (AvgIpc) is 2.84. The summed E-state index contributed by atoms with van der Waals surface area (Å²) >= 11 is 12.1. The van der Waals surface area contributed by atoms with Crippen LogP contribution in [-0.4, -0.2) is 22.0 Å². The maximum absolute atomic E-state index is 10.8. The molecule has 0 saturated carbocycles. The molecular weight excluding hydrogens is 492 g/mol. The summed E-state index contributed by atoms with van der Waals surface area (Å²) in [6, 6.07) is 8.22. The van der Waals surface area contributed by atoms with Crippen LogP contribution in [0.4, 0.5) is 5.69 Å². The average molecular weight is 512 g/mol. The molecule has 1 aromatic carbocycles. The van der Waals surface area contributed by atoms with Crippen LogP contribution in [0.2, 0.25) is 10.2 Å². The lowest BCUT2D eigenvalue weighted by Crippen LogP contribution is -2.37. The van der Waals surface area contributed by atoms with Crippen molar-refractivity contribution in [2.75, 3.05) is 6.54 Å². The van der Waals surface area contributed by atoms with Crippen molar-refractivity contribution in [1.29, 1.82) is 0 Å². The third-order valence-electron chi connectivity index (χ3n) is 3.54. The molecule has 26 heavy (non-hydrogen) atoms. The molecule has 0 fully saturated rings. The first kappa shape index (κ1) is 22.5. The fourth-order valence-electron chi connectivity index (χ4n) is 2.21. The molecule has 2 aromatic rings. The van der Waals surface area contributed by atoms with Crippen LogP contribution in [0.3, 0.4) is 0 Å². The van der Waals surface area contributed by atoms with Gasteiger partial charge in [0.05, 0.1) is 23.0 Å². The van der Waals surface area contributed by atoms with E-state index in [1.807, 2.05) is 14.0 Å². The van der Waals surface area contributed by atoms with Crippen molar-refractivity contribution in [2.24, 2.45) is 12.0 Å². The first-order chi connectivity index (χ1) is 11.9. The van der Waals surface area contributed by atoms with Gasteiger partial charge in [-0.3, -0.25) is 10.1 Å². The largest absolute Gasteiger partial charge is 0.357 e. The van der Waals surface area contributed by atoms with Crippen LogP contribution in [0.25, 0.3) is 0 Å². The van der Waals surface area contributed by atoms with E-state index in [1.54, 1.807) is 22.8 Å². The number of nitrogens with one attached hydrogen (secondary N) is 2. The Morgan fingerprint density at radius 1 is 1.31 bits per heavy atom. The SMILES string of the molecule is CCNC(=NCc1cccc([N+](=O)[O-])c1)NCc1cc(Cl)c(Cl)n1C.I. The standard InChI is InChI=1S/C16H19Cl2N5O2.HI/c1-3-19-16(21-10-13-8-14(17)15(18)22(13)2)20-9-11-5-4-6-12(7-11)23(24)25;/h4-8H,3,9-10H2,1-2H3,(H2,19,20,21);1H. The summed E-state index contributed by atoms with van der Waals surface area (Å²) in [7, 11) is 1.83. The molecule has 1 aromatic heterocycles. The van der Waals surface area contributed by atoms with Gasteiger partial charge < -0.3 is 15.2 Å². The number of aliphatic imine (C=N–C) groups is 1. The zero-order valence-corrected chi connectivity index (χ0v) is 18.2. The van der Waals surface area contributed by atoms with Crippen molar-refractivity contribution in [3.05, 3.63) is 61.9 Å². The zero-order chi connectivity index (χ0) is 18.4. The lowest BCUT2D eigenvalue weighted by atomic mass is 10.2. The Bertz CT molecular complexity index is 795. The van der Waals surface area contributed by atoms with Gasteiger partial charge in [-0.2, -0.15) is 0 Å². The first-order valence-corrected chi connectivity index (χ1v) is 8.43. The number of nitro groups is 1. The van der Waals surface area contributed by atoms with E-state index in [0.717, 1.165) is 11.3 Å². The van der Waals surface area contributed by atoms with Gasteiger partial charge in [-0.25, -0.2) is 4.99 Å². The molecule has 0 aliphatic rings. The van der Waals surface area contributed by atoms with Crippen molar-refractivity contribution in [2.45, 2.75) is 20.0 Å². The van der Waals surface area contributed by atoms with Gasteiger partial charge in [-0.05, 0) is 18.6 Å². The Labute approximate surface area is 178 Å². The number of nitro benzene ring substituents is 1. The number of aromatic nitrogens is 1. The fraction of sp³-hybridized carbons (Fsp3) is 0.312. The number of benzene rings is 1. The van der Waals surface area contributed by atoms with E-state index in [9.17, 15) is 10.1 Å². The predicted molar refractivity (Wildman–Crippen MR) is 116 cm³/mol. The van der Waals surface area contributed by atoms with Crippen LogP contribution in [0.5, 0.6) is 0 Å². The second kappa shape index (κ2) is 10.6. The molecule has 7 nitrogen and oxygen atoms in total. The Hall–Kier alpha value is -1.52. The summed E-state index contributed by atoms with van der Waals surface area (Å²) in [6.07, 6.45) is 0. The van der Waals surface area contributed by atoms with Crippen molar-refractivity contribution >= 4 is 58.8 Å². The highest BCUT2D eigenvalue weighted by atomic mass is 127. The third kappa shape index (κ3) is 6.03. The summed E-state index contributed by atoms with van der Waals surface area (Å²) in [6.45, 7) is 3.46. The minimum Gasteiger partial charge on any atom is -0.357 e. The number of guanidine groups is 1. The van der Waals surface area contributed by atoms with E-state index in [0.29, 0.717) is 35.8 Å². The van der Waals surface area contributed by atoms with Gasteiger partial charge in [-0.15, -0.1) is 24.0 Å². The predicted octanol–water partition coefficient (Wildman–Crippen LogP) is 4.11. The summed E-state index contributed by atoms with van der Waals surface area (Å²) < 4.78 is 1.79. The van der Waals surface area contributed by atoms with Crippen LogP contribution >= 0.6 is 47.2 Å². The number of hydrogen-bond donors (Lipinski definition) is 2. The normalized spacial score (nSPS) is 11.0. The molecule has 0 saturated heterocycles. The minimum atomic E-state index is -0.417. The van der Waals surface area contributed by atoms with E-state index in [2.05, 4.69) is 15.6 Å². The molecule has 0 aliphatic heterocycles. The highest BCUT2D eigenvalue weighted by Gasteiger charge is 2.09. The second-order valence-electron chi connectivity index (χ2n) is 5.31. The van der Waals surface area contributed by atoms with Crippen molar-refractivity contribution in [3.8, 4) is 0 Å². The van der Waals surface area contributed by atoms with Gasteiger partial charge in [-0.1, -0.05) is 35.3 Å². The monoisotopic (exact) mass is 511 g/mol. The molecule has 10 heteroatoms. The number of non-ortho nitro benzene ring substituents is 1. The molecule has 0 aliphatic carbocycles. The van der Waals surface area contributed by atoms with Crippen LogP contribution in [0.1, 0.15) is 18.2 Å². The summed E-state index contributed by atoms with van der Waals surface area (Å²) in [4.78, 5) is 14.9. The van der Waals surface area contributed by atoms with Gasteiger partial charge >= 0.3 is 0 Å². The summed E-state index contributed by atoms with van der Waals surface area (Å²) in [5.74, 6) is 0.599. The van der Waals surface area contributed by atoms with Crippen LogP contribution < -0.4 is 10.6 Å². The molecule has 2 rings (SSSR count). The van der Waals surface area contributed by atoms with E-state index in [4.69, 9.17) is 23.2 Å². The van der Waals surface area contributed by atoms with E-state index in [1.165, 1.54) is 12.1 Å². The lowest BCUT2D eigenvalue weighted by Gasteiger charge is -2.12. The molecule has 0 spiro atoms. The van der Waals surface area contributed by atoms with Gasteiger partial charge in [0.1, 0.15) is 5.15 Å². The quantitative estimate of drug-likeness (QED) is 0.201. The Balaban J connectivity index is 0.00000338. The third-order valence-corrected chi connectivity index (χ3v) is 4.38. The molecule has 0 bridgehead atoms. The van der Waals surface area contributed by atoms with Crippen LogP contribution in [0.15, 0.2) is 35.3 Å². The topological polar surface area (TPSA) is 84.5 Å². The van der Waals surface area contributed by atoms with Gasteiger partial charge in [0, 0.05) is 31.4 Å². The molecule has 0 radical (unpaired) electrons. The number of hydrogen-bond acceptors (Lipinski definition) is 3. The number of nitrogens with zero attached hydrogens (tertiary/aromatic N) is 3. The smallest absolute Gasteiger partial charge is 0.269 e. The van der Waals surface area contributed by atoms with E-state index >= 15 is 0 Å². The molecule has 0 atom stereocenters. The van der Waals surface area contributed by atoms with Crippen molar-refractivity contribution in [1.82, 2.24) is 15.2 Å². The molecule has 0 amide bonds. The van der Waals surface area contributed by atoms with Crippen LogP contribution in [-0.2, 0) is 20.1 Å². The van der Waals surface area contributed by atoms with E-state index in [-0.39, 0.29) is 29.7 Å². The fourth-order valence-corrected chi connectivity index (χ4v) is 2.63. The Morgan fingerprint density at radius 3 is 2.62 bits per heavy atom. The molecule has 2 N–H and O–H groups in total. The maximum Gasteiger partial charge on any atom is 0.269 e. The van der Waals surface area contributed by atoms with Gasteiger partial charge in [0.15, 0.2) is 5.96 Å². The molecule has 0 unspecified atom stereocenters. The summed E-state index contributed by atoms with van der Waals surface area (Å²) in [5, 5.41) is 18.1.